The topological polar surface area (TPSA) is 23.5 Å². The maximum Gasteiger partial charge on any atom is 0.0985 e. The summed E-state index contributed by atoms with van der Waals surface area (Å²) in [5.41, 5.74) is 3.92. The van der Waals surface area contributed by atoms with E-state index in [4.69, 9.17) is 0 Å². The van der Waals surface area contributed by atoms with Crippen LogP contribution in [-0.4, -0.2) is 24.1 Å². The van der Waals surface area contributed by atoms with Crippen LogP contribution in [0.25, 0.3) is 0 Å². The Morgan fingerprint density at radius 2 is 1.50 bits per heavy atom. The lowest BCUT2D eigenvalue weighted by Gasteiger charge is -2.47. The molecule has 0 heterocycles. The summed E-state index contributed by atoms with van der Waals surface area (Å²) in [5, 5.41) is 12.3. The molecule has 3 atom stereocenters. The molecule has 0 radical (unpaired) electrons. The molecule has 0 aliphatic heterocycles. The second-order valence-corrected chi connectivity index (χ2v) is 8.21. The van der Waals surface area contributed by atoms with Crippen LogP contribution in [-0.2, 0) is 18.4 Å². The highest BCUT2D eigenvalue weighted by Crippen LogP contribution is 2.48. The molecule has 0 fully saturated rings. The Hall–Kier alpha value is -2.42. The van der Waals surface area contributed by atoms with Crippen molar-refractivity contribution in [3.63, 3.8) is 0 Å². The highest BCUT2D eigenvalue weighted by molar-refractivity contribution is 5.39. The summed E-state index contributed by atoms with van der Waals surface area (Å²) in [6.45, 7) is 0. The molecule has 0 saturated heterocycles. The maximum absolute atomic E-state index is 12.3. The minimum atomic E-state index is -0.902. The third kappa shape index (κ3) is 3.50. The summed E-state index contributed by atoms with van der Waals surface area (Å²) in [7, 11) is 4.25. The van der Waals surface area contributed by atoms with Crippen molar-refractivity contribution < 1.29 is 5.11 Å². The van der Waals surface area contributed by atoms with Gasteiger partial charge in [-0.25, -0.2) is 0 Å². The number of aliphatic hydroxyl groups is 1. The van der Waals surface area contributed by atoms with Crippen molar-refractivity contribution >= 4 is 0 Å². The number of hydrogen-bond acceptors (Lipinski definition) is 2. The minimum absolute atomic E-state index is 0.111. The van der Waals surface area contributed by atoms with E-state index in [0.717, 1.165) is 18.4 Å². The molecule has 1 N–H and O–H groups in total. The molecule has 3 aromatic rings. The van der Waals surface area contributed by atoms with Crippen LogP contribution in [0, 0.1) is 5.92 Å². The average Bonchev–Trinajstić information content (AvgIpc) is 2.72. The Bertz CT molecular complexity index is 906. The highest BCUT2D eigenvalue weighted by atomic mass is 16.3. The molecular formula is C26H29NO. The molecule has 3 aromatic carbocycles. The van der Waals surface area contributed by atoms with Crippen molar-refractivity contribution in [1.82, 2.24) is 4.90 Å². The Kier molecular flexibility index (Phi) is 5.34. The third-order valence-electron chi connectivity index (χ3n) is 6.22. The van der Waals surface area contributed by atoms with Crippen molar-refractivity contribution in [2.45, 2.75) is 30.9 Å². The number of benzene rings is 3. The summed E-state index contributed by atoms with van der Waals surface area (Å²) in [4.78, 5) is 2.27. The molecule has 28 heavy (non-hydrogen) atoms. The number of rotatable bonds is 5. The first-order valence-corrected chi connectivity index (χ1v) is 10.2. The van der Waals surface area contributed by atoms with E-state index in [2.05, 4.69) is 97.9 Å². The molecule has 144 valence electrons. The molecule has 1 aliphatic rings. The van der Waals surface area contributed by atoms with E-state index >= 15 is 0 Å². The molecule has 4 rings (SSSR count). The Labute approximate surface area is 168 Å². The molecule has 0 aromatic heterocycles. The Morgan fingerprint density at radius 3 is 2.18 bits per heavy atom. The second kappa shape index (κ2) is 7.90. The molecule has 0 amide bonds. The molecule has 2 heteroatoms. The Balaban J connectivity index is 1.83. The first kappa shape index (κ1) is 18.9. The van der Waals surface area contributed by atoms with Gasteiger partial charge in [-0.05, 0) is 49.2 Å². The summed E-state index contributed by atoms with van der Waals surface area (Å²) in [5.74, 6) is 0.111. The van der Waals surface area contributed by atoms with E-state index in [0.29, 0.717) is 6.42 Å². The lowest BCUT2D eigenvalue weighted by atomic mass is 9.65. The van der Waals surface area contributed by atoms with Crippen LogP contribution in [0.15, 0.2) is 84.9 Å². The van der Waals surface area contributed by atoms with Gasteiger partial charge in [0.05, 0.1) is 5.60 Å². The van der Waals surface area contributed by atoms with Crippen LogP contribution in [0.2, 0.25) is 0 Å². The second-order valence-electron chi connectivity index (χ2n) is 8.21. The average molecular weight is 372 g/mol. The van der Waals surface area contributed by atoms with Gasteiger partial charge < -0.3 is 10.0 Å². The SMILES string of the molecule is CN(C)[C@@H](c1ccccc1)[C@@H]1CCc2ccccc2[C@@]1(O)Cc1ccccc1. The lowest BCUT2D eigenvalue weighted by Crippen LogP contribution is -2.47. The number of hydrogen-bond donors (Lipinski definition) is 1. The van der Waals surface area contributed by atoms with Gasteiger partial charge in [0.15, 0.2) is 0 Å². The fraction of sp³-hybridized carbons (Fsp3) is 0.308. The van der Waals surface area contributed by atoms with Crippen LogP contribution in [0.4, 0.5) is 0 Å². The third-order valence-corrected chi connectivity index (χ3v) is 6.22. The van der Waals surface area contributed by atoms with E-state index in [9.17, 15) is 5.11 Å². The number of fused-ring (bicyclic) bond motifs is 1. The predicted octanol–water partition coefficient (Wildman–Crippen LogP) is 4.98. The van der Waals surface area contributed by atoms with Gasteiger partial charge in [0.2, 0.25) is 0 Å². The van der Waals surface area contributed by atoms with Crippen LogP contribution >= 0.6 is 0 Å². The van der Waals surface area contributed by atoms with Crippen LogP contribution in [0.1, 0.15) is 34.7 Å². The van der Waals surface area contributed by atoms with Crippen molar-refractivity contribution in [3.8, 4) is 0 Å². The van der Waals surface area contributed by atoms with E-state index in [1.165, 1.54) is 16.7 Å². The van der Waals surface area contributed by atoms with Crippen molar-refractivity contribution in [3.05, 3.63) is 107 Å². The van der Waals surface area contributed by atoms with Crippen LogP contribution < -0.4 is 0 Å². The normalized spacial score (nSPS) is 22.6. The standard InChI is InChI=1S/C26H29NO/c1-27(2)25(22-14-7-4-8-15-22)24-18-17-21-13-9-10-16-23(21)26(24,28)19-20-11-5-3-6-12-20/h3-16,24-25,28H,17-19H2,1-2H3/t24-,25-,26-/m0/s1. The zero-order valence-corrected chi connectivity index (χ0v) is 16.8. The monoisotopic (exact) mass is 371 g/mol. The van der Waals surface area contributed by atoms with E-state index in [1.807, 2.05) is 6.07 Å². The van der Waals surface area contributed by atoms with Gasteiger partial charge in [-0.2, -0.15) is 0 Å². The van der Waals surface area contributed by atoms with Gasteiger partial charge in [-0.1, -0.05) is 84.9 Å². The van der Waals surface area contributed by atoms with Crippen molar-refractivity contribution in [2.24, 2.45) is 5.92 Å². The minimum Gasteiger partial charge on any atom is -0.384 e. The number of aryl methyl sites for hydroxylation is 1. The molecule has 0 spiro atoms. The van der Waals surface area contributed by atoms with Crippen molar-refractivity contribution in [1.29, 1.82) is 0 Å². The van der Waals surface area contributed by atoms with Crippen LogP contribution in [0.5, 0.6) is 0 Å². The lowest BCUT2D eigenvalue weighted by molar-refractivity contribution is -0.0667. The fourth-order valence-electron chi connectivity index (χ4n) is 5.00. The van der Waals surface area contributed by atoms with E-state index < -0.39 is 5.60 Å². The largest absolute Gasteiger partial charge is 0.384 e. The molecular weight excluding hydrogens is 342 g/mol. The quantitative estimate of drug-likeness (QED) is 0.683. The smallest absolute Gasteiger partial charge is 0.0985 e. The maximum atomic E-state index is 12.3. The van der Waals surface area contributed by atoms with Gasteiger partial charge in [0.25, 0.3) is 0 Å². The Morgan fingerprint density at radius 1 is 0.893 bits per heavy atom. The molecule has 1 aliphatic carbocycles. The van der Waals surface area contributed by atoms with Gasteiger partial charge in [0.1, 0.15) is 0 Å². The first-order chi connectivity index (χ1) is 13.6. The van der Waals surface area contributed by atoms with Crippen molar-refractivity contribution in [2.75, 3.05) is 14.1 Å². The fourth-order valence-corrected chi connectivity index (χ4v) is 5.00. The van der Waals surface area contributed by atoms with Gasteiger partial charge >= 0.3 is 0 Å². The van der Waals surface area contributed by atoms with Crippen LogP contribution in [0.3, 0.4) is 0 Å². The molecule has 2 nitrogen and oxygen atoms in total. The zero-order chi connectivity index (χ0) is 19.6. The molecule has 0 saturated carbocycles. The molecule has 0 bridgehead atoms. The van der Waals surface area contributed by atoms with Gasteiger partial charge in [-0.15, -0.1) is 0 Å². The summed E-state index contributed by atoms with van der Waals surface area (Å²) >= 11 is 0. The highest BCUT2D eigenvalue weighted by Gasteiger charge is 2.47. The van der Waals surface area contributed by atoms with E-state index in [-0.39, 0.29) is 12.0 Å². The summed E-state index contributed by atoms with van der Waals surface area (Å²) in [6.07, 6.45) is 2.61. The number of nitrogens with zero attached hydrogens (tertiary/aromatic N) is 1. The van der Waals surface area contributed by atoms with Gasteiger partial charge in [0, 0.05) is 18.4 Å². The summed E-state index contributed by atoms with van der Waals surface area (Å²) < 4.78 is 0. The first-order valence-electron chi connectivity index (χ1n) is 10.2. The summed E-state index contributed by atoms with van der Waals surface area (Å²) in [6, 6.07) is 29.6. The van der Waals surface area contributed by atoms with E-state index in [1.54, 1.807) is 0 Å². The van der Waals surface area contributed by atoms with Gasteiger partial charge in [-0.3, -0.25) is 0 Å². The predicted molar refractivity (Wildman–Crippen MR) is 115 cm³/mol. The molecule has 0 unspecified atom stereocenters. The zero-order valence-electron chi connectivity index (χ0n) is 16.8.